The highest BCUT2D eigenvalue weighted by atomic mass is 32.1. The minimum absolute atomic E-state index is 0.124. The number of esters is 1. The maximum Gasteiger partial charge on any atom is 0.337 e. The maximum atomic E-state index is 11.9. The van der Waals surface area contributed by atoms with Gasteiger partial charge in [-0.15, -0.1) is 0 Å². The smallest absolute Gasteiger partial charge is 0.337 e. The molecule has 1 aromatic carbocycles. The van der Waals surface area contributed by atoms with Crippen molar-refractivity contribution in [3.8, 4) is 11.3 Å². The first-order valence-corrected chi connectivity index (χ1v) is 10.2. The summed E-state index contributed by atoms with van der Waals surface area (Å²) in [6.45, 7) is 4.21. The summed E-state index contributed by atoms with van der Waals surface area (Å²) in [7, 11) is 1.37. The van der Waals surface area contributed by atoms with Crippen molar-refractivity contribution in [2.75, 3.05) is 7.11 Å². The lowest BCUT2D eigenvalue weighted by Gasteiger charge is -2.29. The number of carbonyl (C=O) groups excluding carboxylic acids is 1. The molecule has 0 radical (unpaired) electrons. The Bertz CT molecular complexity index is 1060. The van der Waals surface area contributed by atoms with Crippen molar-refractivity contribution in [3.05, 3.63) is 77.8 Å². The Hall–Kier alpha value is -3.19. The molecule has 154 valence electrons. The van der Waals surface area contributed by atoms with E-state index in [-0.39, 0.29) is 24.1 Å². The van der Waals surface area contributed by atoms with Gasteiger partial charge in [0.25, 0.3) is 0 Å². The summed E-state index contributed by atoms with van der Waals surface area (Å²) in [5, 5.41) is 4.08. The SMILES string of the molecule is COC(=O)c1cccc(-c2ccc([C@@H]3[C@H](c4ccccn4)NC(=S)N3C(C)C)o2)c1. The summed E-state index contributed by atoms with van der Waals surface area (Å²) in [4.78, 5) is 18.5. The first kappa shape index (κ1) is 20.1. The molecule has 0 saturated carbocycles. The van der Waals surface area contributed by atoms with Crippen LogP contribution in [0.4, 0.5) is 0 Å². The van der Waals surface area contributed by atoms with Gasteiger partial charge in [-0.3, -0.25) is 4.98 Å². The molecule has 0 aliphatic carbocycles. The lowest BCUT2D eigenvalue weighted by Crippen LogP contribution is -2.35. The number of nitrogens with one attached hydrogen (secondary N) is 1. The number of ether oxygens (including phenoxy) is 1. The quantitative estimate of drug-likeness (QED) is 0.480. The van der Waals surface area contributed by atoms with Crippen LogP contribution in [0.3, 0.4) is 0 Å². The zero-order valence-corrected chi connectivity index (χ0v) is 17.8. The molecule has 1 N–H and O–H groups in total. The minimum Gasteiger partial charge on any atom is -0.465 e. The molecule has 1 saturated heterocycles. The second-order valence-electron chi connectivity index (χ2n) is 7.40. The fourth-order valence-electron chi connectivity index (χ4n) is 3.81. The number of nitrogens with zero attached hydrogens (tertiary/aromatic N) is 2. The molecule has 0 unspecified atom stereocenters. The first-order valence-electron chi connectivity index (χ1n) is 9.78. The lowest BCUT2D eigenvalue weighted by atomic mass is 10.0. The molecule has 1 fully saturated rings. The van der Waals surface area contributed by atoms with Crippen LogP contribution in [0.25, 0.3) is 11.3 Å². The lowest BCUT2D eigenvalue weighted by molar-refractivity contribution is 0.0601. The first-order chi connectivity index (χ1) is 14.5. The normalized spacial score (nSPS) is 18.5. The molecule has 0 amide bonds. The molecule has 6 nitrogen and oxygen atoms in total. The fourth-order valence-corrected chi connectivity index (χ4v) is 4.26. The average Bonchev–Trinajstić information content (AvgIpc) is 3.38. The molecule has 30 heavy (non-hydrogen) atoms. The molecule has 1 aliphatic rings. The standard InChI is InChI=1S/C23H23N3O3S/c1-14(2)26-21(20(25-23(26)30)17-9-4-5-12-24-17)19-11-10-18(29-19)15-7-6-8-16(13-15)22(27)28-3/h4-14,20-21H,1-3H3,(H,25,30)/t20-,21+/m0/s1. The number of hydrogen-bond donors (Lipinski definition) is 1. The van der Waals surface area contributed by atoms with Gasteiger partial charge in [0.2, 0.25) is 0 Å². The second kappa shape index (κ2) is 8.28. The average molecular weight is 422 g/mol. The Morgan fingerprint density at radius 2 is 2.03 bits per heavy atom. The predicted octanol–water partition coefficient (Wildman–Crippen LogP) is 4.51. The maximum absolute atomic E-state index is 11.9. The second-order valence-corrected chi connectivity index (χ2v) is 7.79. The van der Waals surface area contributed by atoms with Crippen LogP contribution in [-0.2, 0) is 4.74 Å². The van der Waals surface area contributed by atoms with Gasteiger partial charge < -0.3 is 19.4 Å². The van der Waals surface area contributed by atoms with Crippen LogP contribution in [-0.4, -0.2) is 34.1 Å². The van der Waals surface area contributed by atoms with E-state index in [9.17, 15) is 4.79 Å². The molecule has 1 aliphatic heterocycles. The van der Waals surface area contributed by atoms with Crippen molar-refractivity contribution >= 4 is 23.3 Å². The molecular formula is C23H23N3O3S. The summed E-state index contributed by atoms with van der Waals surface area (Å²) in [5.74, 6) is 1.08. The van der Waals surface area contributed by atoms with Gasteiger partial charge in [0.15, 0.2) is 5.11 Å². The molecule has 2 aromatic heterocycles. The van der Waals surface area contributed by atoms with Gasteiger partial charge in [-0.2, -0.15) is 0 Å². The largest absolute Gasteiger partial charge is 0.465 e. The molecule has 0 spiro atoms. The summed E-state index contributed by atoms with van der Waals surface area (Å²) in [6, 6.07) is 16.9. The van der Waals surface area contributed by atoms with E-state index in [1.807, 2.05) is 42.5 Å². The van der Waals surface area contributed by atoms with Gasteiger partial charge in [-0.25, -0.2) is 4.79 Å². The Balaban J connectivity index is 1.72. The Morgan fingerprint density at radius 1 is 1.20 bits per heavy atom. The molecular weight excluding hydrogens is 398 g/mol. The number of aromatic nitrogens is 1. The van der Waals surface area contributed by atoms with Crippen LogP contribution < -0.4 is 5.32 Å². The highest BCUT2D eigenvalue weighted by Gasteiger charge is 2.42. The molecule has 4 rings (SSSR count). The van der Waals surface area contributed by atoms with Crippen LogP contribution in [0.15, 0.2) is 65.2 Å². The van der Waals surface area contributed by atoms with Crippen molar-refractivity contribution in [1.29, 1.82) is 0 Å². The number of furan rings is 1. The summed E-state index contributed by atoms with van der Waals surface area (Å²) in [5.41, 5.74) is 2.19. The van der Waals surface area contributed by atoms with Crippen molar-refractivity contribution in [1.82, 2.24) is 15.2 Å². The molecule has 3 aromatic rings. The third-order valence-corrected chi connectivity index (χ3v) is 5.51. The van der Waals surface area contributed by atoms with Gasteiger partial charge >= 0.3 is 5.97 Å². The summed E-state index contributed by atoms with van der Waals surface area (Å²) >= 11 is 5.62. The van der Waals surface area contributed by atoms with E-state index < -0.39 is 0 Å². The third kappa shape index (κ3) is 3.68. The number of benzene rings is 1. The van der Waals surface area contributed by atoms with E-state index in [0.717, 1.165) is 17.0 Å². The Kier molecular flexibility index (Phi) is 5.55. The van der Waals surface area contributed by atoms with E-state index in [1.54, 1.807) is 18.3 Å². The fraction of sp³-hybridized carbons (Fsp3) is 0.261. The van der Waals surface area contributed by atoms with E-state index in [1.165, 1.54) is 7.11 Å². The Morgan fingerprint density at radius 3 is 2.73 bits per heavy atom. The van der Waals surface area contributed by atoms with E-state index in [4.69, 9.17) is 21.4 Å². The predicted molar refractivity (Wildman–Crippen MR) is 118 cm³/mol. The highest BCUT2D eigenvalue weighted by Crippen LogP contribution is 2.41. The van der Waals surface area contributed by atoms with Crippen molar-refractivity contribution in [2.24, 2.45) is 0 Å². The van der Waals surface area contributed by atoms with Crippen LogP contribution >= 0.6 is 12.2 Å². The van der Waals surface area contributed by atoms with Crippen molar-refractivity contribution in [3.63, 3.8) is 0 Å². The van der Waals surface area contributed by atoms with Crippen LogP contribution in [0.1, 0.15) is 47.7 Å². The van der Waals surface area contributed by atoms with Gasteiger partial charge in [0, 0.05) is 17.8 Å². The van der Waals surface area contributed by atoms with Crippen LogP contribution in [0.5, 0.6) is 0 Å². The van der Waals surface area contributed by atoms with Crippen molar-refractivity contribution in [2.45, 2.75) is 32.0 Å². The molecule has 0 bridgehead atoms. The van der Waals surface area contributed by atoms with Crippen LogP contribution in [0.2, 0.25) is 0 Å². The minimum atomic E-state index is -0.379. The molecule has 2 atom stereocenters. The van der Waals surface area contributed by atoms with E-state index in [2.05, 4.69) is 29.0 Å². The zero-order chi connectivity index (χ0) is 21.3. The number of hydrogen-bond acceptors (Lipinski definition) is 5. The van der Waals surface area contributed by atoms with Gasteiger partial charge in [0.1, 0.15) is 17.6 Å². The van der Waals surface area contributed by atoms with Crippen LogP contribution in [0, 0.1) is 0 Å². The van der Waals surface area contributed by atoms with E-state index >= 15 is 0 Å². The molecule has 3 heterocycles. The summed E-state index contributed by atoms with van der Waals surface area (Å²) in [6.07, 6.45) is 1.78. The van der Waals surface area contributed by atoms with Gasteiger partial charge in [-0.1, -0.05) is 18.2 Å². The number of thiocarbonyl (C=S) groups is 1. The highest BCUT2D eigenvalue weighted by molar-refractivity contribution is 7.80. The topological polar surface area (TPSA) is 67.6 Å². The third-order valence-electron chi connectivity index (χ3n) is 5.18. The molecule has 7 heteroatoms. The number of carbonyl (C=O) groups is 1. The van der Waals surface area contributed by atoms with Gasteiger partial charge in [0.05, 0.1) is 24.4 Å². The summed E-state index contributed by atoms with van der Waals surface area (Å²) < 4.78 is 11.1. The van der Waals surface area contributed by atoms with E-state index in [0.29, 0.717) is 16.4 Å². The number of rotatable bonds is 5. The van der Waals surface area contributed by atoms with Crippen molar-refractivity contribution < 1.29 is 13.9 Å². The Labute approximate surface area is 180 Å². The zero-order valence-electron chi connectivity index (χ0n) is 17.0. The number of pyridine rings is 1. The monoisotopic (exact) mass is 421 g/mol. The number of methoxy groups -OCH3 is 1. The van der Waals surface area contributed by atoms with Gasteiger partial charge in [-0.05, 0) is 62.5 Å².